The largest absolute Gasteiger partial charge is 0.351 e. The number of Topliss-reactive ketones (excluding diaryl/α,β-unsaturated/α-hetero) is 1. The van der Waals surface area contributed by atoms with Crippen LogP contribution in [0.5, 0.6) is 0 Å². The van der Waals surface area contributed by atoms with E-state index in [9.17, 15) is 14.0 Å². The number of carbonyl (C=O) groups is 2. The van der Waals surface area contributed by atoms with Gasteiger partial charge in [0.15, 0.2) is 5.78 Å². The molecular weight excluding hydrogens is 409 g/mol. The van der Waals surface area contributed by atoms with Crippen LogP contribution in [-0.2, 0) is 11.3 Å². The molecule has 0 bridgehead atoms. The van der Waals surface area contributed by atoms with Crippen molar-refractivity contribution in [2.75, 3.05) is 5.75 Å². The molecule has 1 amide bonds. The van der Waals surface area contributed by atoms with Gasteiger partial charge in [-0.3, -0.25) is 9.59 Å². The maximum atomic E-state index is 13.6. The summed E-state index contributed by atoms with van der Waals surface area (Å²) in [5.41, 5.74) is 0.201. The number of nitrogens with one attached hydrogen (secondary N) is 1. The molecule has 2 heterocycles. The van der Waals surface area contributed by atoms with Crippen molar-refractivity contribution < 1.29 is 14.0 Å². The zero-order valence-corrected chi connectivity index (χ0v) is 18.3. The van der Waals surface area contributed by atoms with Crippen LogP contribution in [0.3, 0.4) is 0 Å². The molecular formula is C21H22FN3O2S2. The Bertz CT molecular complexity index is 1070. The van der Waals surface area contributed by atoms with E-state index in [0.29, 0.717) is 33.2 Å². The van der Waals surface area contributed by atoms with Crippen LogP contribution in [0.2, 0.25) is 0 Å². The minimum absolute atomic E-state index is 0.0331. The highest BCUT2D eigenvalue weighted by molar-refractivity contribution is 8.00. The SMILES string of the molecule is Cc1nc(SCC(=O)c2ccc(CNC(=O)C(C)(C)C)s2)c2cc(F)ccc2n1. The number of benzene rings is 1. The number of rotatable bonds is 6. The maximum absolute atomic E-state index is 13.6. The Labute approximate surface area is 177 Å². The summed E-state index contributed by atoms with van der Waals surface area (Å²) in [7, 11) is 0. The Balaban J connectivity index is 1.66. The molecule has 1 N–H and O–H groups in total. The highest BCUT2D eigenvalue weighted by Crippen LogP contribution is 2.28. The third kappa shape index (κ3) is 5.39. The zero-order valence-electron chi connectivity index (χ0n) is 16.7. The molecule has 152 valence electrons. The van der Waals surface area contributed by atoms with Gasteiger partial charge >= 0.3 is 0 Å². The summed E-state index contributed by atoms with van der Waals surface area (Å²) in [4.78, 5) is 34.8. The quantitative estimate of drug-likeness (QED) is 0.346. The van der Waals surface area contributed by atoms with E-state index in [1.807, 2.05) is 26.8 Å². The van der Waals surface area contributed by atoms with Gasteiger partial charge in [-0.1, -0.05) is 32.5 Å². The van der Waals surface area contributed by atoms with Crippen LogP contribution >= 0.6 is 23.1 Å². The lowest BCUT2D eigenvalue weighted by molar-refractivity contribution is -0.128. The molecule has 2 aromatic heterocycles. The number of ketones is 1. The van der Waals surface area contributed by atoms with Crippen molar-refractivity contribution in [2.24, 2.45) is 5.41 Å². The van der Waals surface area contributed by atoms with Crippen molar-refractivity contribution in [2.45, 2.75) is 39.3 Å². The first-order chi connectivity index (χ1) is 13.6. The topological polar surface area (TPSA) is 72.0 Å². The average Bonchev–Trinajstić information content (AvgIpc) is 3.12. The van der Waals surface area contributed by atoms with Crippen LogP contribution < -0.4 is 5.32 Å². The molecule has 1 aromatic carbocycles. The molecule has 5 nitrogen and oxygen atoms in total. The summed E-state index contributed by atoms with van der Waals surface area (Å²) in [6.07, 6.45) is 0. The van der Waals surface area contributed by atoms with Crippen molar-refractivity contribution in [1.29, 1.82) is 0 Å². The molecule has 3 rings (SSSR count). The monoisotopic (exact) mass is 431 g/mol. The number of hydrogen-bond acceptors (Lipinski definition) is 6. The first kappa shape index (κ1) is 21.4. The molecule has 0 aliphatic carbocycles. The number of halogens is 1. The fourth-order valence-corrected chi connectivity index (χ4v) is 4.47. The zero-order chi connectivity index (χ0) is 21.2. The van der Waals surface area contributed by atoms with Gasteiger partial charge in [0, 0.05) is 15.7 Å². The van der Waals surface area contributed by atoms with E-state index in [1.165, 1.54) is 35.2 Å². The molecule has 29 heavy (non-hydrogen) atoms. The normalized spacial score (nSPS) is 11.6. The second kappa shape index (κ2) is 8.59. The molecule has 0 aliphatic heterocycles. The summed E-state index contributed by atoms with van der Waals surface area (Å²) in [5, 5.41) is 4.08. The second-order valence-corrected chi connectivity index (χ2v) is 9.78. The van der Waals surface area contributed by atoms with Gasteiger partial charge in [0.05, 0.1) is 22.7 Å². The van der Waals surface area contributed by atoms with Gasteiger partial charge in [-0.05, 0) is 37.3 Å². The van der Waals surface area contributed by atoms with Crippen LogP contribution in [0, 0.1) is 18.2 Å². The van der Waals surface area contributed by atoms with E-state index in [4.69, 9.17) is 0 Å². The van der Waals surface area contributed by atoms with Crippen LogP contribution in [-0.4, -0.2) is 27.4 Å². The Hall–Kier alpha value is -2.32. The van der Waals surface area contributed by atoms with Gasteiger partial charge in [-0.25, -0.2) is 14.4 Å². The highest BCUT2D eigenvalue weighted by Gasteiger charge is 2.21. The Morgan fingerprint density at radius 1 is 1.17 bits per heavy atom. The third-order valence-corrected chi connectivity index (χ3v) is 6.23. The molecule has 0 saturated carbocycles. The number of nitrogens with zero attached hydrogens (tertiary/aromatic N) is 2. The van der Waals surface area contributed by atoms with Crippen molar-refractivity contribution in [3.8, 4) is 0 Å². The number of hydrogen-bond donors (Lipinski definition) is 1. The standard InChI is InChI=1S/C21H22FN3O2S2/c1-12-24-16-7-5-13(22)9-15(16)19(25-12)28-11-17(26)18-8-6-14(29-18)10-23-20(27)21(2,3)4/h5-9H,10-11H2,1-4H3,(H,23,27). The first-order valence-electron chi connectivity index (χ1n) is 9.10. The first-order valence-corrected chi connectivity index (χ1v) is 10.9. The van der Waals surface area contributed by atoms with Crippen molar-refractivity contribution in [3.63, 3.8) is 0 Å². The number of fused-ring (bicyclic) bond motifs is 1. The number of aromatic nitrogens is 2. The molecule has 0 spiro atoms. The Morgan fingerprint density at radius 3 is 2.66 bits per heavy atom. The lowest BCUT2D eigenvalue weighted by Gasteiger charge is -2.17. The van der Waals surface area contributed by atoms with Crippen molar-refractivity contribution >= 4 is 45.7 Å². The average molecular weight is 432 g/mol. The summed E-state index contributed by atoms with van der Waals surface area (Å²) in [5.74, 6) is 0.336. The van der Waals surface area contributed by atoms with Crippen molar-refractivity contribution in [1.82, 2.24) is 15.3 Å². The third-order valence-electron chi connectivity index (χ3n) is 4.12. The van der Waals surface area contributed by atoms with Gasteiger partial charge in [0.25, 0.3) is 0 Å². The number of aryl methyl sites for hydroxylation is 1. The Morgan fingerprint density at radius 2 is 1.93 bits per heavy atom. The lowest BCUT2D eigenvalue weighted by Crippen LogP contribution is -2.34. The molecule has 0 atom stereocenters. The molecule has 3 aromatic rings. The highest BCUT2D eigenvalue weighted by atomic mass is 32.2. The minimum atomic E-state index is -0.454. The summed E-state index contributed by atoms with van der Waals surface area (Å²) in [6, 6.07) is 7.99. The van der Waals surface area contributed by atoms with Gasteiger partial charge in [0.1, 0.15) is 16.7 Å². The second-order valence-electron chi connectivity index (χ2n) is 7.65. The molecule has 0 radical (unpaired) electrons. The number of thiophene rings is 1. The molecule has 0 fully saturated rings. The summed E-state index contributed by atoms with van der Waals surface area (Å²) in [6.45, 7) is 7.73. The van der Waals surface area contributed by atoms with E-state index in [0.717, 1.165) is 4.88 Å². The fourth-order valence-electron chi connectivity index (χ4n) is 2.55. The van der Waals surface area contributed by atoms with Crippen LogP contribution in [0.1, 0.15) is 41.1 Å². The van der Waals surface area contributed by atoms with Crippen LogP contribution in [0.15, 0.2) is 35.4 Å². The van der Waals surface area contributed by atoms with E-state index < -0.39 is 5.41 Å². The molecule has 8 heteroatoms. The van der Waals surface area contributed by atoms with E-state index in [1.54, 1.807) is 19.1 Å². The fraction of sp³-hybridized carbons (Fsp3) is 0.333. The number of amides is 1. The van der Waals surface area contributed by atoms with E-state index >= 15 is 0 Å². The number of carbonyl (C=O) groups excluding carboxylic acids is 2. The van der Waals surface area contributed by atoms with Gasteiger partial charge in [0.2, 0.25) is 5.91 Å². The molecule has 0 saturated heterocycles. The van der Waals surface area contributed by atoms with Gasteiger partial charge in [-0.15, -0.1) is 11.3 Å². The number of thioether (sulfide) groups is 1. The maximum Gasteiger partial charge on any atom is 0.225 e. The molecule has 0 unspecified atom stereocenters. The Kier molecular flexibility index (Phi) is 6.33. The van der Waals surface area contributed by atoms with Crippen molar-refractivity contribution in [3.05, 3.63) is 51.7 Å². The van der Waals surface area contributed by atoms with Gasteiger partial charge in [-0.2, -0.15) is 0 Å². The summed E-state index contributed by atoms with van der Waals surface area (Å²) >= 11 is 2.64. The minimum Gasteiger partial charge on any atom is -0.351 e. The van der Waals surface area contributed by atoms with Crippen LogP contribution in [0.4, 0.5) is 4.39 Å². The van der Waals surface area contributed by atoms with E-state index in [2.05, 4.69) is 15.3 Å². The summed E-state index contributed by atoms with van der Waals surface area (Å²) < 4.78 is 13.6. The van der Waals surface area contributed by atoms with Crippen LogP contribution in [0.25, 0.3) is 10.9 Å². The molecule has 0 aliphatic rings. The van der Waals surface area contributed by atoms with E-state index in [-0.39, 0.29) is 23.3 Å². The predicted molar refractivity (Wildman–Crippen MR) is 115 cm³/mol. The smallest absolute Gasteiger partial charge is 0.225 e. The predicted octanol–water partition coefficient (Wildman–Crippen LogP) is 4.78. The van der Waals surface area contributed by atoms with Gasteiger partial charge < -0.3 is 5.32 Å². The lowest BCUT2D eigenvalue weighted by atomic mass is 9.96.